The summed E-state index contributed by atoms with van der Waals surface area (Å²) in [6.45, 7) is 7.66. The first-order valence-electron chi connectivity index (χ1n) is 11.5. The normalized spacial score (nSPS) is 15.2. The minimum absolute atomic E-state index is 0.534. The minimum Gasteiger partial charge on any atom is -0.481 e. The first kappa shape index (κ1) is 23.5. The molecule has 2 N–H and O–H groups in total. The van der Waals surface area contributed by atoms with Crippen LogP contribution in [0.1, 0.15) is 51.7 Å². The van der Waals surface area contributed by atoms with Crippen molar-refractivity contribution in [2.45, 2.75) is 33.7 Å². The van der Waals surface area contributed by atoms with Crippen molar-refractivity contribution >= 4 is 34.4 Å². The number of anilines is 2. The molecule has 9 heteroatoms. The maximum atomic E-state index is 12.0. The molecule has 1 aliphatic heterocycles. The number of hydrogen-bond acceptors (Lipinski definition) is 7. The number of fused-ring (bicyclic) bond motifs is 3. The van der Waals surface area contributed by atoms with Crippen molar-refractivity contribution < 1.29 is 9.90 Å². The Balaban J connectivity index is 1.63. The van der Waals surface area contributed by atoms with E-state index in [1.54, 1.807) is 24.3 Å². The predicted molar refractivity (Wildman–Crippen MR) is 140 cm³/mol. The van der Waals surface area contributed by atoms with Crippen molar-refractivity contribution in [1.82, 2.24) is 14.8 Å². The summed E-state index contributed by atoms with van der Waals surface area (Å²) in [7, 11) is 0. The van der Waals surface area contributed by atoms with E-state index in [4.69, 9.17) is 4.99 Å². The molecular formula is C27H24N6O2S. The number of nitrogens with zero attached hydrogens (tertiary/aromatic N) is 5. The minimum atomic E-state index is -0.941. The summed E-state index contributed by atoms with van der Waals surface area (Å²) in [5.41, 5.74) is 5.80. The number of benzene rings is 2. The molecule has 0 radical (unpaired) electrons. The molecule has 2 atom stereocenters. The molecule has 180 valence electrons. The van der Waals surface area contributed by atoms with E-state index < -0.39 is 17.9 Å². The zero-order valence-electron chi connectivity index (χ0n) is 20.3. The van der Waals surface area contributed by atoms with E-state index in [0.29, 0.717) is 17.2 Å². The fourth-order valence-electron chi connectivity index (χ4n) is 4.37. The number of aromatic nitrogens is 3. The monoisotopic (exact) mass is 496 g/mol. The lowest BCUT2D eigenvalue weighted by atomic mass is 9.98. The Bertz CT molecular complexity index is 1560. The van der Waals surface area contributed by atoms with E-state index in [-0.39, 0.29) is 0 Å². The fraction of sp³-hybridized carbons (Fsp3) is 0.222. The Labute approximate surface area is 212 Å². The molecule has 0 bridgehead atoms. The molecule has 0 spiro atoms. The summed E-state index contributed by atoms with van der Waals surface area (Å²) in [5, 5.41) is 32.1. The van der Waals surface area contributed by atoms with Crippen molar-refractivity contribution in [2.75, 3.05) is 5.32 Å². The number of aliphatic imine (C=N–C) groups is 1. The van der Waals surface area contributed by atoms with Crippen molar-refractivity contribution in [2.24, 2.45) is 10.9 Å². The number of nitriles is 1. The van der Waals surface area contributed by atoms with E-state index in [0.717, 1.165) is 43.7 Å². The van der Waals surface area contributed by atoms with Crippen LogP contribution in [0.3, 0.4) is 0 Å². The van der Waals surface area contributed by atoms with Crippen LogP contribution in [-0.2, 0) is 4.79 Å². The van der Waals surface area contributed by atoms with Gasteiger partial charge < -0.3 is 10.4 Å². The van der Waals surface area contributed by atoms with Gasteiger partial charge in [0, 0.05) is 21.7 Å². The maximum Gasteiger partial charge on any atom is 0.308 e. The first-order valence-corrected chi connectivity index (χ1v) is 12.3. The van der Waals surface area contributed by atoms with Gasteiger partial charge in [-0.25, -0.2) is 0 Å². The molecule has 5 rings (SSSR count). The highest BCUT2D eigenvalue weighted by molar-refractivity contribution is 7.15. The van der Waals surface area contributed by atoms with Gasteiger partial charge >= 0.3 is 5.97 Å². The Hall–Kier alpha value is -4.29. The lowest BCUT2D eigenvalue weighted by Crippen LogP contribution is -2.21. The third kappa shape index (κ3) is 3.85. The molecular weight excluding hydrogens is 472 g/mol. The van der Waals surface area contributed by atoms with Gasteiger partial charge in [0.25, 0.3) is 0 Å². The van der Waals surface area contributed by atoms with Crippen LogP contribution in [0.2, 0.25) is 0 Å². The van der Waals surface area contributed by atoms with Crippen molar-refractivity contribution in [3.05, 3.63) is 87.3 Å². The number of nitrogens with one attached hydrogen (secondary N) is 1. The Kier molecular flexibility index (Phi) is 5.90. The number of carboxylic acids is 1. The van der Waals surface area contributed by atoms with Crippen LogP contribution in [0.4, 0.5) is 11.4 Å². The molecule has 0 saturated heterocycles. The first-order chi connectivity index (χ1) is 17.3. The average molecular weight is 497 g/mol. The summed E-state index contributed by atoms with van der Waals surface area (Å²) in [4.78, 5) is 18.2. The van der Waals surface area contributed by atoms with Gasteiger partial charge in [0.2, 0.25) is 0 Å². The topological polar surface area (TPSA) is 116 Å². The van der Waals surface area contributed by atoms with Crippen LogP contribution in [0.25, 0.3) is 5.00 Å². The molecule has 2 aromatic carbocycles. The summed E-state index contributed by atoms with van der Waals surface area (Å²) in [6, 6.07) is 16.6. The Morgan fingerprint density at radius 1 is 1.14 bits per heavy atom. The van der Waals surface area contributed by atoms with Crippen molar-refractivity contribution in [1.29, 1.82) is 5.26 Å². The number of aryl methyl sites for hydroxylation is 2. The quantitative estimate of drug-likeness (QED) is 0.378. The molecule has 1 aliphatic rings. The molecule has 0 saturated carbocycles. The third-order valence-electron chi connectivity index (χ3n) is 6.54. The lowest BCUT2D eigenvalue weighted by molar-refractivity contribution is -0.141. The van der Waals surface area contributed by atoms with E-state index in [1.807, 2.05) is 54.0 Å². The van der Waals surface area contributed by atoms with Crippen molar-refractivity contribution in [3.8, 4) is 11.1 Å². The molecule has 2 aromatic heterocycles. The van der Waals surface area contributed by atoms with E-state index >= 15 is 0 Å². The van der Waals surface area contributed by atoms with E-state index in [1.165, 1.54) is 0 Å². The Morgan fingerprint density at radius 3 is 2.56 bits per heavy atom. The molecule has 0 aliphatic carbocycles. The van der Waals surface area contributed by atoms with E-state index in [2.05, 4.69) is 35.4 Å². The van der Waals surface area contributed by atoms with E-state index in [9.17, 15) is 15.2 Å². The summed E-state index contributed by atoms with van der Waals surface area (Å²) < 4.78 is 1.95. The van der Waals surface area contributed by atoms with Gasteiger partial charge in [-0.2, -0.15) is 5.26 Å². The molecule has 36 heavy (non-hydrogen) atoms. The SMILES string of the molecule is Cc1sc2c(c1C)C(c1ccc(Nc3ccccc3C#N)cc1)=N[C@@H](C(C)C(=O)O)c1nnc(C)n1-2. The van der Waals surface area contributed by atoms with Gasteiger partial charge in [-0.15, -0.1) is 21.5 Å². The molecule has 0 fully saturated rings. The number of carbonyl (C=O) groups is 1. The maximum absolute atomic E-state index is 12.0. The summed E-state index contributed by atoms with van der Waals surface area (Å²) in [6.07, 6.45) is 0. The second-order valence-corrected chi connectivity index (χ2v) is 10.0. The summed E-state index contributed by atoms with van der Waals surface area (Å²) >= 11 is 1.63. The number of para-hydroxylation sites is 1. The van der Waals surface area contributed by atoms with Crippen LogP contribution in [0.5, 0.6) is 0 Å². The lowest BCUT2D eigenvalue weighted by Gasteiger charge is -2.16. The van der Waals surface area contributed by atoms with Crippen LogP contribution >= 0.6 is 11.3 Å². The summed E-state index contributed by atoms with van der Waals surface area (Å²) in [5.74, 6) is -0.501. The third-order valence-corrected chi connectivity index (χ3v) is 7.73. The van der Waals surface area contributed by atoms with Crippen LogP contribution in [0, 0.1) is 38.0 Å². The molecule has 1 unspecified atom stereocenters. The predicted octanol–water partition coefficient (Wildman–Crippen LogP) is 5.48. The number of thiophene rings is 1. The Morgan fingerprint density at radius 2 is 1.86 bits per heavy atom. The van der Waals surface area contributed by atoms with Gasteiger partial charge in [-0.1, -0.05) is 24.3 Å². The fourth-order valence-corrected chi connectivity index (χ4v) is 5.59. The highest BCUT2D eigenvalue weighted by Gasteiger charge is 2.36. The van der Waals surface area contributed by atoms with Crippen LogP contribution in [0.15, 0.2) is 53.5 Å². The number of aliphatic carboxylic acids is 1. The molecule has 0 amide bonds. The number of carboxylic acid groups (broad SMARTS) is 1. The second-order valence-electron chi connectivity index (χ2n) is 8.81. The van der Waals surface area contributed by atoms with Crippen LogP contribution in [-0.4, -0.2) is 31.6 Å². The molecule has 8 nitrogen and oxygen atoms in total. The van der Waals surface area contributed by atoms with Gasteiger partial charge in [0.15, 0.2) is 5.82 Å². The number of hydrogen-bond donors (Lipinski definition) is 2. The van der Waals surface area contributed by atoms with Crippen LogP contribution < -0.4 is 5.32 Å². The largest absolute Gasteiger partial charge is 0.481 e. The van der Waals surface area contributed by atoms with Gasteiger partial charge in [-0.05, 0) is 57.5 Å². The highest BCUT2D eigenvalue weighted by Crippen LogP contribution is 2.40. The van der Waals surface area contributed by atoms with Gasteiger partial charge in [0.05, 0.1) is 22.9 Å². The van der Waals surface area contributed by atoms with Gasteiger partial charge in [-0.3, -0.25) is 14.4 Å². The zero-order chi connectivity index (χ0) is 25.6. The highest BCUT2D eigenvalue weighted by atomic mass is 32.1. The second kappa shape index (κ2) is 9.06. The van der Waals surface area contributed by atoms with Gasteiger partial charge in [0.1, 0.15) is 22.9 Å². The number of rotatable bonds is 5. The molecule has 3 heterocycles. The smallest absolute Gasteiger partial charge is 0.308 e. The zero-order valence-corrected chi connectivity index (χ0v) is 21.1. The molecule has 4 aromatic rings. The average Bonchev–Trinajstić information content (AvgIpc) is 3.34. The van der Waals surface area contributed by atoms with Crippen molar-refractivity contribution in [3.63, 3.8) is 0 Å². The standard InChI is InChI=1S/C27H24N6O2S/c1-14-16(3)36-26-22(14)24(30-23(15(2)27(34)35)25-32-31-17(4)33(25)26)18-9-11-20(12-10-18)29-21-8-6-5-7-19(21)13-28/h5-12,15,23,29H,1-4H3,(H,34,35)/t15?,23-/m0/s1.